The van der Waals surface area contributed by atoms with Gasteiger partial charge in [-0.3, -0.25) is 4.79 Å². The lowest BCUT2D eigenvalue weighted by Gasteiger charge is -2.21. The van der Waals surface area contributed by atoms with Gasteiger partial charge in [0, 0.05) is 11.3 Å². The molecule has 22 heavy (non-hydrogen) atoms. The van der Waals surface area contributed by atoms with Crippen LogP contribution in [0.2, 0.25) is 0 Å². The second-order valence-electron chi connectivity index (χ2n) is 6.00. The molecule has 2 aromatic carbocycles. The van der Waals surface area contributed by atoms with Crippen LogP contribution >= 0.6 is 0 Å². The minimum atomic E-state index is -0.123. The van der Waals surface area contributed by atoms with Crippen LogP contribution in [-0.4, -0.2) is 11.6 Å². The first-order valence-corrected chi connectivity index (χ1v) is 8.11. The zero-order valence-corrected chi connectivity index (χ0v) is 13.0. The van der Waals surface area contributed by atoms with Gasteiger partial charge < -0.3 is 0 Å². The molecule has 1 amide bonds. The van der Waals surface area contributed by atoms with Gasteiger partial charge in [0.25, 0.3) is 5.91 Å². The van der Waals surface area contributed by atoms with Crippen molar-refractivity contribution in [1.82, 2.24) is 5.43 Å². The number of hydrogen-bond donors (Lipinski definition) is 1. The highest BCUT2D eigenvalue weighted by molar-refractivity contribution is 6.07. The maximum absolute atomic E-state index is 12.4. The third kappa shape index (κ3) is 3.19. The predicted octanol–water partition coefficient (Wildman–Crippen LogP) is 4.53. The minimum absolute atomic E-state index is 0.123. The number of rotatable bonds is 3. The standard InChI is InChI=1S/C19H22N2O/c1-2-14-10-12-16(13-11-14)20-21-19(22)18-9-5-7-15-6-3-4-8-17(15)18/h3-9,14H,2,10-13H2,1H3,(H,21,22). The molecule has 3 heteroatoms. The number of hydrogen-bond acceptors (Lipinski definition) is 2. The van der Waals surface area contributed by atoms with Gasteiger partial charge in [-0.05, 0) is 48.4 Å². The van der Waals surface area contributed by atoms with Crippen molar-refractivity contribution in [2.45, 2.75) is 39.0 Å². The number of carbonyl (C=O) groups excluding carboxylic acids is 1. The maximum Gasteiger partial charge on any atom is 0.271 e. The van der Waals surface area contributed by atoms with Crippen LogP contribution in [0.25, 0.3) is 10.8 Å². The quantitative estimate of drug-likeness (QED) is 0.830. The van der Waals surface area contributed by atoms with Crippen molar-refractivity contribution >= 4 is 22.4 Å². The van der Waals surface area contributed by atoms with E-state index in [1.54, 1.807) is 0 Å². The van der Waals surface area contributed by atoms with Crippen LogP contribution in [0.4, 0.5) is 0 Å². The zero-order valence-electron chi connectivity index (χ0n) is 13.0. The molecule has 0 aliphatic heterocycles. The molecular weight excluding hydrogens is 272 g/mol. The van der Waals surface area contributed by atoms with Gasteiger partial charge in [0.15, 0.2) is 0 Å². The van der Waals surface area contributed by atoms with E-state index in [0.29, 0.717) is 5.56 Å². The number of fused-ring (bicyclic) bond motifs is 1. The molecule has 1 fully saturated rings. The number of hydrazone groups is 1. The third-order valence-corrected chi connectivity index (χ3v) is 4.61. The van der Waals surface area contributed by atoms with Crippen molar-refractivity contribution in [3.8, 4) is 0 Å². The first kappa shape index (κ1) is 14.8. The Balaban J connectivity index is 1.72. The smallest absolute Gasteiger partial charge is 0.267 e. The monoisotopic (exact) mass is 294 g/mol. The van der Waals surface area contributed by atoms with Crippen molar-refractivity contribution in [2.24, 2.45) is 11.0 Å². The Kier molecular flexibility index (Phi) is 4.52. The van der Waals surface area contributed by atoms with Gasteiger partial charge in [0.05, 0.1) is 0 Å². The van der Waals surface area contributed by atoms with Crippen molar-refractivity contribution in [2.75, 3.05) is 0 Å². The molecule has 0 saturated heterocycles. The summed E-state index contributed by atoms with van der Waals surface area (Å²) >= 11 is 0. The Morgan fingerprint density at radius 1 is 1.14 bits per heavy atom. The minimum Gasteiger partial charge on any atom is -0.267 e. The average molecular weight is 294 g/mol. The molecule has 1 saturated carbocycles. The number of amides is 1. The van der Waals surface area contributed by atoms with E-state index in [1.807, 2.05) is 42.5 Å². The zero-order chi connectivity index (χ0) is 15.4. The van der Waals surface area contributed by atoms with Gasteiger partial charge in [-0.2, -0.15) is 5.10 Å². The fourth-order valence-electron chi connectivity index (χ4n) is 3.14. The summed E-state index contributed by atoms with van der Waals surface area (Å²) in [5.74, 6) is 0.703. The molecule has 0 atom stereocenters. The summed E-state index contributed by atoms with van der Waals surface area (Å²) in [6.07, 6.45) is 5.65. The van der Waals surface area contributed by atoms with Gasteiger partial charge in [-0.25, -0.2) is 5.43 Å². The van der Waals surface area contributed by atoms with E-state index in [0.717, 1.165) is 35.2 Å². The predicted molar refractivity (Wildman–Crippen MR) is 91.1 cm³/mol. The highest BCUT2D eigenvalue weighted by Crippen LogP contribution is 2.24. The van der Waals surface area contributed by atoms with E-state index in [2.05, 4.69) is 17.5 Å². The highest BCUT2D eigenvalue weighted by Gasteiger charge is 2.16. The second kappa shape index (κ2) is 6.73. The molecule has 3 nitrogen and oxygen atoms in total. The normalized spacial score (nSPS) is 18.2. The summed E-state index contributed by atoms with van der Waals surface area (Å²) in [4.78, 5) is 12.4. The topological polar surface area (TPSA) is 41.5 Å². The lowest BCUT2D eigenvalue weighted by atomic mass is 9.86. The summed E-state index contributed by atoms with van der Waals surface area (Å²) in [5, 5.41) is 6.40. The number of nitrogens with zero attached hydrogens (tertiary/aromatic N) is 1. The van der Waals surface area contributed by atoms with Crippen LogP contribution in [0.1, 0.15) is 49.4 Å². The number of nitrogens with one attached hydrogen (secondary N) is 1. The SMILES string of the molecule is CCC1CCC(=NNC(=O)c2cccc3ccccc23)CC1. The molecule has 3 rings (SSSR count). The van der Waals surface area contributed by atoms with Crippen LogP contribution in [0.3, 0.4) is 0 Å². The van der Waals surface area contributed by atoms with E-state index in [-0.39, 0.29) is 5.91 Å². The van der Waals surface area contributed by atoms with Crippen molar-refractivity contribution < 1.29 is 4.79 Å². The maximum atomic E-state index is 12.4. The molecule has 0 bridgehead atoms. The van der Waals surface area contributed by atoms with Crippen LogP contribution in [0, 0.1) is 5.92 Å². The molecule has 114 valence electrons. The molecule has 2 aromatic rings. The summed E-state index contributed by atoms with van der Waals surface area (Å²) in [5.41, 5.74) is 4.55. The Labute approximate surface area is 131 Å². The Bertz CT molecular complexity index is 690. The molecule has 1 aliphatic carbocycles. The Hall–Kier alpha value is -2.16. The number of benzene rings is 2. The molecule has 0 aromatic heterocycles. The van der Waals surface area contributed by atoms with Crippen molar-refractivity contribution in [3.05, 3.63) is 48.0 Å². The van der Waals surface area contributed by atoms with Crippen LogP contribution in [0.5, 0.6) is 0 Å². The molecule has 1 N–H and O–H groups in total. The van der Waals surface area contributed by atoms with E-state index in [1.165, 1.54) is 19.3 Å². The fourth-order valence-corrected chi connectivity index (χ4v) is 3.14. The molecule has 0 spiro atoms. The first-order valence-electron chi connectivity index (χ1n) is 8.11. The van der Waals surface area contributed by atoms with Crippen LogP contribution in [0.15, 0.2) is 47.6 Å². The van der Waals surface area contributed by atoms with Gasteiger partial charge in [-0.1, -0.05) is 49.7 Å². The van der Waals surface area contributed by atoms with E-state index in [4.69, 9.17) is 0 Å². The fraction of sp³-hybridized carbons (Fsp3) is 0.368. The summed E-state index contributed by atoms with van der Waals surface area (Å²) < 4.78 is 0. The first-order chi connectivity index (χ1) is 10.8. The Morgan fingerprint density at radius 2 is 1.86 bits per heavy atom. The molecule has 1 aliphatic rings. The summed E-state index contributed by atoms with van der Waals surface area (Å²) in [6.45, 7) is 2.25. The largest absolute Gasteiger partial charge is 0.271 e. The van der Waals surface area contributed by atoms with Gasteiger partial charge in [0.1, 0.15) is 0 Å². The van der Waals surface area contributed by atoms with Crippen LogP contribution < -0.4 is 5.43 Å². The number of carbonyl (C=O) groups is 1. The average Bonchev–Trinajstić information content (AvgIpc) is 2.59. The van der Waals surface area contributed by atoms with E-state index in [9.17, 15) is 4.79 Å². The van der Waals surface area contributed by atoms with Crippen LogP contribution in [-0.2, 0) is 0 Å². The molecule has 0 heterocycles. The lowest BCUT2D eigenvalue weighted by molar-refractivity contribution is 0.0956. The third-order valence-electron chi connectivity index (χ3n) is 4.61. The highest BCUT2D eigenvalue weighted by atomic mass is 16.2. The Morgan fingerprint density at radius 3 is 2.64 bits per heavy atom. The van der Waals surface area contributed by atoms with Crippen molar-refractivity contribution in [3.63, 3.8) is 0 Å². The van der Waals surface area contributed by atoms with Gasteiger partial charge in [0.2, 0.25) is 0 Å². The second-order valence-corrected chi connectivity index (χ2v) is 6.00. The van der Waals surface area contributed by atoms with E-state index >= 15 is 0 Å². The molecule has 0 unspecified atom stereocenters. The van der Waals surface area contributed by atoms with Gasteiger partial charge in [-0.15, -0.1) is 0 Å². The molecule has 0 radical (unpaired) electrons. The summed E-state index contributed by atoms with van der Waals surface area (Å²) in [6, 6.07) is 13.7. The lowest BCUT2D eigenvalue weighted by Crippen LogP contribution is -2.22. The summed E-state index contributed by atoms with van der Waals surface area (Å²) in [7, 11) is 0. The molecular formula is C19H22N2O. The van der Waals surface area contributed by atoms with Crippen molar-refractivity contribution in [1.29, 1.82) is 0 Å². The van der Waals surface area contributed by atoms with E-state index < -0.39 is 0 Å². The van der Waals surface area contributed by atoms with Gasteiger partial charge >= 0.3 is 0 Å².